The Hall–Kier alpha value is -1.23. The average Bonchev–Trinajstić information content (AvgIpc) is 2.90. The minimum Gasteiger partial charge on any atom is -0.367 e. The summed E-state index contributed by atoms with van der Waals surface area (Å²) in [6.07, 6.45) is 1.58. The summed E-state index contributed by atoms with van der Waals surface area (Å²) in [7, 11) is 0. The van der Waals surface area contributed by atoms with Gasteiger partial charge in [0.25, 0.3) is 0 Å². The van der Waals surface area contributed by atoms with Crippen LogP contribution in [0.3, 0.4) is 0 Å². The van der Waals surface area contributed by atoms with Crippen LogP contribution in [0.2, 0.25) is 0 Å². The van der Waals surface area contributed by atoms with Crippen LogP contribution in [0.4, 0.5) is 11.4 Å². The average molecular weight is 381 g/mol. The molecular weight excluding hydrogens is 363 g/mol. The van der Waals surface area contributed by atoms with Crippen molar-refractivity contribution >= 4 is 51.8 Å². The summed E-state index contributed by atoms with van der Waals surface area (Å²) in [5, 5.41) is 5.08. The Balaban J connectivity index is 1.43. The Morgan fingerprint density at radius 3 is 2.62 bits per heavy atom. The zero-order chi connectivity index (χ0) is 16.9. The van der Waals surface area contributed by atoms with E-state index in [4.69, 9.17) is 23.2 Å². The summed E-state index contributed by atoms with van der Waals surface area (Å²) in [5.74, 6) is -0.124. The fourth-order valence-corrected chi connectivity index (χ4v) is 4.74. The molecule has 2 aliphatic rings. The van der Waals surface area contributed by atoms with Crippen LogP contribution in [0.25, 0.3) is 0 Å². The van der Waals surface area contributed by atoms with Crippen molar-refractivity contribution in [2.45, 2.75) is 30.6 Å². The fraction of sp³-hybridized carbons (Fsp3) is 0.389. The van der Waals surface area contributed by atoms with Gasteiger partial charge in [0, 0.05) is 29.3 Å². The van der Waals surface area contributed by atoms with Crippen molar-refractivity contribution < 1.29 is 4.79 Å². The summed E-state index contributed by atoms with van der Waals surface area (Å²) in [5.41, 5.74) is 2.67. The Labute approximate surface area is 155 Å². The highest BCUT2D eigenvalue weighted by atomic mass is 35.5. The van der Waals surface area contributed by atoms with Crippen LogP contribution < -0.4 is 10.2 Å². The number of anilines is 2. The minimum absolute atomic E-state index is 0.124. The summed E-state index contributed by atoms with van der Waals surface area (Å²) >= 11 is 14.0. The van der Waals surface area contributed by atoms with E-state index < -0.39 is 9.75 Å². The number of halogens is 2. The summed E-state index contributed by atoms with van der Waals surface area (Å²) in [4.78, 5) is 16.2. The second-order valence-corrected chi connectivity index (χ2v) is 9.24. The van der Waals surface area contributed by atoms with Gasteiger partial charge in [0.05, 0.1) is 5.41 Å². The number of carbonyl (C=O) groups is 1. The van der Waals surface area contributed by atoms with Gasteiger partial charge in [0.1, 0.15) is 4.33 Å². The highest BCUT2D eigenvalue weighted by molar-refractivity contribution is 7.10. The van der Waals surface area contributed by atoms with E-state index in [1.54, 1.807) is 6.92 Å². The first-order valence-electron chi connectivity index (χ1n) is 7.99. The van der Waals surface area contributed by atoms with Crippen molar-refractivity contribution in [1.82, 2.24) is 0 Å². The maximum atomic E-state index is 12.3. The lowest BCUT2D eigenvalue weighted by atomic mass is 10.1. The lowest BCUT2D eigenvalue weighted by Crippen LogP contribution is -2.29. The summed E-state index contributed by atoms with van der Waals surface area (Å²) in [6, 6.07) is 10.2. The molecule has 0 bridgehead atoms. The molecule has 0 unspecified atom stereocenters. The molecule has 0 radical (unpaired) electrons. The molecule has 3 nitrogen and oxygen atoms in total. The Bertz CT molecular complexity index is 787. The molecule has 1 fully saturated rings. The SMILES string of the molecule is C[C@]1(C(=O)Nc2ccc(N3CCc4sccc4C3)cc2)CC1(Cl)Cl. The number of hydrogen-bond acceptors (Lipinski definition) is 3. The van der Waals surface area contributed by atoms with Gasteiger partial charge in [-0.15, -0.1) is 34.5 Å². The van der Waals surface area contributed by atoms with Gasteiger partial charge in [0.15, 0.2) is 0 Å². The van der Waals surface area contributed by atoms with Crippen molar-refractivity contribution in [3.63, 3.8) is 0 Å². The van der Waals surface area contributed by atoms with Crippen LogP contribution >= 0.6 is 34.5 Å². The molecule has 1 atom stereocenters. The molecule has 2 aromatic rings. The third kappa shape index (κ3) is 2.71. The second kappa shape index (κ2) is 5.65. The number of benzene rings is 1. The molecule has 1 amide bonds. The van der Waals surface area contributed by atoms with E-state index in [0.717, 1.165) is 25.2 Å². The van der Waals surface area contributed by atoms with E-state index in [1.807, 2.05) is 23.5 Å². The van der Waals surface area contributed by atoms with Gasteiger partial charge < -0.3 is 10.2 Å². The molecule has 4 rings (SSSR count). The molecule has 1 aliphatic heterocycles. The lowest BCUT2D eigenvalue weighted by Gasteiger charge is -2.29. The molecule has 2 heterocycles. The Morgan fingerprint density at radius 2 is 1.96 bits per heavy atom. The standard InChI is InChI=1S/C18H18Cl2N2OS/c1-17(11-18(17,19)20)16(23)21-13-2-4-14(5-3-13)22-8-6-15-12(10-22)7-9-24-15/h2-5,7,9H,6,8,10-11H2,1H3,(H,21,23)/t17-/m1/s1. The number of alkyl halides is 2. The highest BCUT2D eigenvalue weighted by Crippen LogP contribution is 2.64. The molecule has 1 aromatic heterocycles. The van der Waals surface area contributed by atoms with Gasteiger partial charge in [0.2, 0.25) is 5.91 Å². The molecule has 0 spiro atoms. The van der Waals surface area contributed by atoms with Crippen LogP contribution in [0.1, 0.15) is 23.8 Å². The van der Waals surface area contributed by atoms with E-state index in [-0.39, 0.29) is 5.91 Å². The maximum absolute atomic E-state index is 12.3. The van der Waals surface area contributed by atoms with Gasteiger partial charge in [-0.2, -0.15) is 0 Å². The number of nitrogens with zero attached hydrogens (tertiary/aromatic N) is 1. The quantitative estimate of drug-likeness (QED) is 0.773. The van der Waals surface area contributed by atoms with Crippen molar-refractivity contribution in [1.29, 1.82) is 0 Å². The molecule has 24 heavy (non-hydrogen) atoms. The number of hydrogen-bond donors (Lipinski definition) is 1. The number of amides is 1. The van der Waals surface area contributed by atoms with Crippen LogP contribution in [0.5, 0.6) is 0 Å². The van der Waals surface area contributed by atoms with Gasteiger partial charge in [-0.1, -0.05) is 0 Å². The highest BCUT2D eigenvalue weighted by Gasteiger charge is 2.67. The van der Waals surface area contributed by atoms with E-state index in [0.29, 0.717) is 6.42 Å². The normalized spacial score (nSPS) is 24.4. The summed E-state index contributed by atoms with van der Waals surface area (Å²) < 4.78 is -0.941. The van der Waals surface area contributed by atoms with Crippen molar-refractivity contribution in [3.8, 4) is 0 Å². The van der Waals surface area contributed by atoms with E-state index in [2.05, 4.69) is 33.8 Å². The molecule has 1 saturated carbocycles. The van der Waals surface area contributed by atoms with Gasteiger partial charge in [-0.25, -0.2) is 0 Å². The number of thiophene rings is 1. The van der Waals surface area contributed by atoms with Crippen LogP contribution in [0, 0.1) is 5.41 Å². The smallest absolute Gasteiger partial charge is 0.233 e. The van der Waals surface area contributed by atoms with Crippen LogP contribution in [-0.4, -0.2) is 16.8 Å². The third-order valence-corrected chi connectivity index (χ3v) is 7.18. The fourth-order valence-electron chi connectivity index (χ4n) is 3.14. The van der Waals surface area contributed by atoms with Crippen molar-refractivity contribution in [2.24, 2.45) is 5.41 Å². The number of carbonyl (C=O) groups excluding carboxylic acids is 1. The predicted octanol–water partition coefficient (Wildman–Crippen LogP) is 4.83. The zero-order valence-corrected chi connectivity index (χ0v) is 15.6. The Kier molecular flexibility index (Phi) is 3.83. The van der Waals surface area contributed by atoms with E-state index >= 15 is 0 Å². The first-order valence-corrected chi connectivity index (χ1v) is 9.62. The van der Waals surface area contributed by atoms with Gasteiger partial charge in [-0.3, -0.25) is 4.79 Å². The monoisotopic (exact) mass is 380 g/mol. The molecule has 1 aliphatic carbocycles. The second-order valence-electron chi connectivity index (χ2n) is 6.75. The van der Waals surface area contributed by atoms with E-state index in [9.17, 15) is 4.79 Å². The zero-order valence-electron chi connectivity index (χ0n) is 13.3. The lowest BCUT2D eigenvalue weighted by molar-refractivity contribution is -0.120. The molecule has 1 aromatic carbocycles. The van der Waals surface area contributed by atoms with Gasteiger partial charge >= 0.3 is 0 Å². The minimum atomic E-state index is -0.941. The van der Waals surface area contributed by atoms with Crippen LogP contribution in [0.15, 0.2) is 35.7 Å². The largest absolute Gasteiger partial charge is 0.367 e. The molecule has 1 N–H and O–H groups in total. The Morgan fingerprint density at radius 1 is 1.25 bits per heavy atom. The molecule has 126 valence electrons. The molecular formula is C18H18Cl2N2OS. The molecule has 0 saturated heterocycles. The summed E-state index contributed by atoms with van der Waals surface area (Å²) in [6.45, 7) is 3.77. The number of nitrogens with one attached hydrogen (secondary N) is 1. The topological polar surface area (TPSA) is 32.3 Å². The van der Waals surface area contributed by atoms with Crippen molar-refractivity contribution in [2.75, 3.05) is 16.8 Å². The van der Waals surface area contributed by atoms with Crippen molar-refractivity contribution in [3.05, 3.63) is 46.2 Å². The molecule has 6 heteroatoms. The van der Waals surface area contributed by atoms with Gasteiger partial charge in [-0.05, 0) is 61.0 Å². The first-order chi connectivity index (χ1) is 11.4. The van der Waals surface area contributed by atoms with E-state index in [1.165, 1.54) is 16.1 Å². The predicted molar refractivity (Wildman–Crippen MR) is 101 cm³/mol. The number of fused-ring (bicyclic) bond motifs is 1. The van der Waals surface area contributed by atoms with Crippen LogP contribution in [-0.2, 0) is 17.8 Å². The third-order valence-electron chi connectivity index (χ3n) is 5.06. The number of rotatable bonds is 3. The first kappa shape index (κ1) is 16.2. The maximum Gasteiger partial charge on any atom is 0.233 e.